The average Bonchev–Trinajstić information content (AvgIpc) is 2.98. The maximum Gasteiger partial charge on any atom is 0.325 e. The fraction of sp³-hybridized carbons (Fsp3) is 0.667. The minimum absolute atomic E-state index is 0.0837. The van der Waals surface area contributed by atoms with Gasteiger partial charge in [-0.2, -0.15) is 0 Å². The maximum absolute atomic E-state index is 11.7. The van der Waals surface area contributed by atoms with Crippen molar-refractivity contribution in [1.29, 1.82) is 0 Å². The van der Waals surface area contributed by atoms with Crippen LogP contribution in [0, 0.1) is 11.8 Å². The Hall–Kier alpha value is -2.12. The smallest absolute Gasteiger partial charge is 0.325 e. The van der Waals surface area contributed by atoms with Gasteiger partial charge in [-0.25, -0.2) is 4.79 Å². The summed E-state index contributed by atoms with van der Waals surface area (Å²) in [5.41, 5.74) is 0. The summed E-state index contributed by atoms with van der Waals surface area (Å²) in [5.74, 6) is -2.23. The van der Waals surface area contributed by atoms with E-state index in [2.05, 4.69) is 10.6 Å². The van der Waals surface area contributed by atoms with E-state index in [1.165, 1.54) is 0 Å². The summed E-state index contributed by atoms with van der Waals surface area (Å²) in [5, 5.41) is 14.0. The fourth-order valence-electron chi connectivity index (χ4n) is 2.67. The lowest BCUT2D eigenvalue weighted by atomic mass is 9.96. The van der Waals surface area contributed by atoms with Gasteiger partial charge in [0.25, 0.3) is 5.91 Å². The van der Waals surface area contributed by atoms with E-state index in [0.29, 0.717) is 6.42 Å². The molecular weight excluding hydrogens is 266 g/mol. The molecule has 1 aliphatic heterocycles. The van der Waals surface area contributed by atoms with Crippen molar-refractivity contribution in [3.8, 4) is 0 Å². The molecule has 1 saturated heterocycles. The Morgan fingerprint density at radius 1 is 1.35 bits per heavy atom. The molecule has 110 valence electrons. The molecule has 2 rings (SSSR count). The number of hydrogen-bond donors (Lipinski definition) is 3. The molecule has 0 spiro atoms. The third kappa shape index (κ3) is 3.06. The second-order valence-corrected chi connectivity index (χ2v) is 5.08. The number of nitrogens with one attached hydrogen (secondary N) is 2. The molecule has 0 aromatic rings. The van der Waals surface area contributed by atoms with Crippen LogP contribution >= 0.6 is 0 Å². The van der Waals surface area contributed by atoms with Crippen LogP contribution in [0.3, 0.4) is 0 Å². The van der Waals surface area contributed by atoms with Crippen LogP contribution in [-0.4, -0.2) is 53.5 Å². The highest BCUT2D eigenvalue weighted by molar-refractivity contribution is 6.04. The standard InChI is InChI=1S/C12H17N3O5/c16-9(6-15-10(17)5-14-12(15)20)13-4-7-2-1-3-8(7)11(18)19/h7-8H,1-6H2,(H,13,16)(H,14,20)(H,18,19). The monoisotopic (exact) mass is 283 g/mol. The molecule has 0 aromatic carbocycles. The zero-order valence-corrected chi connectivity index (χ0v) is 10.9. The summed E-state index contributed by atoms with van der Waals surface area (Å²) in [4.78, 5) is 46.1. The van der Waals surface area contributed by atoms with Crippen LogP contribution < -0.4 is 10.6 Å². The quantitative estimate of drug-likeness (QED) is 0.569. The number of carboxylic acid groups (broad SMARTS) is 1. The lowest BCUT2D eigenvalue weighted by Gasteiger charge is -2.17. The predicted molar refractivity (Wildman–Crippen MR) is 66.6 cm³/mol. The Labute approximate surface area is 115 Å². The largest absolute Gasteiger partial charge is 0.481 e. The van der Waals surface area contributed by atoms with Gasteiger partial charge in [0, 0.05) is 6.54 Å². The third-order valence-corrected chi connectivity index (χ3v) is 3.78. The number of carbonyl (C=O) groups is 4. The van der Waals surface area contributed by atoms with E-state index in [-0.39, 0.29) is 25.6 Å². The second kappa shape index (κ2) is 5.89. The Morgan fingerprint density at radius 2 is 2.10 bits per heavy atom. The molecule has 0 aromatic heterocycles. The average molecular weight is 283 g/mol. The number of aliphatic carboxylic acids is 1. The first kappa shape index (κ1) is 14.3. The number of nitrogens with zero attached hydrogens (tertiary/aromatic N) is 1. The van der Waals surface area contributed by atoms with Crippen molar-refractivity contribution >= 4 is 23.8 Å². The SMILES string of the molecule is O=C(CN1C(=O)CNC1=O)NCC1CCCC1C(=O)O. The van der Waals surface area contributed by atoms with E-state index in [0.717, 1.165) is 17.7 Å². The number of urea groups is 1. The summed E-state index contributed by atoms with van der Waals surface area (Å²) >= 11 is 0. The second-order valence-electron chi connectivity index (χ2n) is 5.08. The van der Waals surface area contributed by atoms with Crippen molar-refractivity contribution in [3.05, 3.63) is 0 Å². The van der Waals surface area contributed by atoms with Crippen molar-refractivity contribution in [2.45, 2.75) is 19.3 Å². The molecule has 8 heteroatoms. The van der Waals surface area contributed by atoms with Crippen molar-refractivity contribution in [3.63, 3.8) is 0 Å². The van der Waals surface area contributed by atoms with Crippen LogP contribution in [0.15, 0.2) is 0 Å². The molecule has 3 N–H and O–H groups in total. The van der Waals surface area contributed by atoms with E-state index in [1.54, 1.807) is 0 Å². The normalized spacial score (nSPS) is 25.7. The van der Waals surface area contributed by atoms with E-state index < -0.39 is 29.7 Å². The molecule has 20 heavy (non-hydrogen) atoms. The van der Waals surface area contributed by atoms with Crippen LogP contribution in [-0.2, 0) is 14.4 Å². The van der Waals surface area contributed by atoms with E-state index in [1.807, 2.05) is 0 Å². The highest BCUT2D eigenvalue weighted by Gasteiger charge is 2.34. The predicted octanol–water partition coefficient (Wildman–Crippen LogP) is -0.845. The molecule has 2 aliphatic rings. The first-order chi connectivity index (χ1) is 9.49. The minimum atomic E-state index is -0.837. The van der Waals surface area contributed by atoms with E-state index in [9.17, 15) is 19.2 Å². The van der Waals surface area contributed by atoms with Crippen LogP contribution in [0.1, 0.15) is 19.3 Å². The van der Waals surface area contributed by atoms with Crippen LogP contribution in [0.4, 0.5) is 4.79 Å². The highest BCUT2D eigenvalue weighted by Crippen LogP contribution is 2.31. The number of hydrogen-bond acceptors (Lipinski definition) is 4. The minimum Gasteiger partial charge on any atom is -0.481 e. The van der Waals surface area contributed by atoms with Gasteiger partial charge in [-0.3, -0.25) is 19.3 Å². The van der Waals surface area contributed by atoms with E-state index in [4.69, 9.17) is 5.11 Å². The molecule has 2 atom stereocenters. The zero-order chi connectivity index (χ0) is 14.7. The summed E-state index contributed by atoms with van der Waals surface area (Å²) in [6.07, 6.45) is 2.23. The van der Waals surface area contributed by atoms with E-state index >= 15 is 0 Å². The van der Waals surface area contributed by atoms with Gasteiger partial charge in [-0.05, 0) is 18.8 Å². The van der Waals surface area contributed by atoms with Gasteiger partial charge in [0.1, 0.15) is 6.54 Å². The third-order valence-electron chi connectivity index (χ3n) is 3.78. The number of amides is 4. The van der Waals surface area contributed by atoms with Crippen molar-refractivity contribution < 1.29 is 24.3 Å². The summed E-state index contributed by atoms with van der Waals surface area (Å²) in [6.45, 7) is -0.148. The molecule has 1 aliphatic carbocycles. The van der Waals surface area contributed by atoms with Gasteiger partial charge in [0.2, 0.25) is 5.91 Å². The molecule has 0 radical (unpaired) electrons. The molecular formula is C12H17N3O5. The van der Waals surface area contributed by atoms with Gasteiger partial charge in [0.15, 0.2) is 0 Å². The fourth-order valence-corrected chi connectivity index (χ4v) is 2.67. The molecule has 0 bridgehead atoms. The summed E-state index contributed by atoms with van der Waals surface area (Å²) < 4.78 is 0. The molecule has 1 saturated carbocycles. The lowest BCUT2D eigenvalue weighted by molar-refractivity contribution is -0.143. The van der Waals surface area contributed by atoms with Crippen LogP contribution in [0.5, 0.6) is 0 Å². The van der Waals surface area contributed by atoms with Crippen LogP contribution in [0.25, 0.3) is 0 Å². The molecule has 1 heterocycles. The Kier molecular flexibility index (Phi) is 4.21. The van der Waals surface area contributed by atoms with Crippen molar-refractivity contribution in [2.75, 3.05) is 19.6 Å². The molecule has 4 amide bonds. The Bertz CT molecular complexity index is 434. The zero-order valence-electron chi connectivity index (χ0n) is 10.9. The number of imide groups is 1. The summed E-state index contributed by atoms with van der Waals surface area (Å²) in [6, 6.07) is -0.575. The maximum atomic E-state index is 11.7. The first-order valence-corrected chi connectivity index (χ1v) is 6.56. The number of rotatable bonds is 5. The van der Waals surface area contributed by atoms with Gasteiger partial charge in [-0.15, -0.1) is 0 Å². The Morgan fingerprint density at radius 3 is 2.70 bits per heavy atom. The Balaban J connectivity index is 1.79. The number of carboxylic acids is 1. The topological polar surface area (TPSA) is 116 Å². The van der Waals surface area contributed by atoms with Gasteiger partial charge in [-0.1, -0.05) is 6.42 Å². The first-order valence-electron chi connectivity index (χ1n) is 6.56. The summed E-state index contributed by atoms with van der Waals surface area (Å²) in [7, 11) is 0. The number of carbonyl (C=O) groups excluding carboxylic acids is 3. The van der Waals surface area contributed by atoms with Gasteiger partial charge < -0.3 is 15.7 Å². The van der Waals surface area contributed by atoms with Crippen LogP contribution in [0.2, 0.25) is 0 Å². The van der Waals surface area contributed by atoms with Crippen molar-refractivity contribution in [2.24, 2.45) is 11.8 Å². The molecule has 2 fully saturated rings. The van der Waals surface area contributed by atoms with Gasteiger partial charge in [0.05, 0.1) is 12.5 Å². The van der Waals surface area contributed by atoms with Gasteiger partial charge >= 0.3 is 12.0 Å². The highest BCUT2D eigenvalue weighted by atomic mass is 16.4. The molecule has 8 nitrogen and oxygen atoms in total. The lowest BCUT2D eigenvalue weighted by Crippen LogP contribution is -2.42. The molecule has 2 unspecified atom stereocenters. The van der Waals surface area contributed by atoms with Crippen molar-refractivity contribution in [1.82, 2.24) is 15.5 Å².